The Kier molecular flexibility index (Phi) is 7.36. The van der Waals surface area contributed by atoms with Crippen LogP contribution in [0.3, 0.4) is 0 Å². The largest absolute Gasteiger partial charge is 0.421 e. The lowest BCUT2D eigenvalue weighted by atomic mass is 10.5. The van der Waals surface area contributed by atoms with Crippen molar-refractivity contribution in [3.8, 4) is 12.0 Å². The highest BCUT2D eigenvalue weighted by Gasteiger charge is 1.95. The summed E-state index contributed by atoms with van der Waals surface area (Å²) in [5, 5.41) is 2.53. The Balaban J connectivity index is 3.37. The lowest BCUT2D eigenvalue weighted by Crippen LogP contribution is -2.23. The first-order valence-corrected chi connectivity index (χ1v) is 4.82. The molecule has 0 aromatic heterocycles. The first-order valence-electron chi connectivity index (χ1n) is 3.29. The van der Waals surface area contributed by atoms with Gasteiger partial charge in [0.05, 0.1) is 4.43 Å². The fourth-order valence-electron chi connectivity index (χ4n) is 0.373. The molecule has 11 heavy (non-hydrogen) atoms. The predicted octanol–water partition coefficient (Wildman–Crippen LogP) is 1.52. The zero-order chi connectivity index (χ0) is 8.53. The van der Waals surface area contributed by atoms with Crippen LogP contribution < -0.4 is 5.32 Å². The summed E-state index contributed by atoms with van der Waals surface area (Å²) >= 11 is 2.08. The topological polar surface area (TPSA) is 38.3 Å². The molecule has 0 aliphatic heterocycles. The third-order valence-electron chi connectivity index (χ3n) is 0.802. The monoisotopic (exact) mass is 267 g/mol. The molecular formula is C7H10INO2. The number of hydrogen-bond donors (Lipinski definition) is 1. The van der Waals surface area contributed by atoms with Crippen LogP contribution in [0.5, 0.6) is 0 Å². The molecule has 1 amide bonds. The van der Waals surface area contributed by atoms with Crippen molar-refractivity contribution in [1.82, 2.24) is 5.32 Å². The van der Waals surface area contributed by atoms with Crippen molar-refractivity contribution >= 4 is 28.7 Å². The van der Waals surface area contributed by atoms with E-state index in [-0.39, 0.29) is 0 Å². The maximum Gasteiger partial charge on any atom is 0.421 e. The molecule has 0 saturated carbocycles. The fourth-order valence-corrected chi connectivity index (χ4v) is 0.529. The van der Waals surface area contributed by atoms with Crippen LogP contribution in [0.2, 0.25) is 0 Å². The molecule has 0 aromatic carbocycles. The van der Waals surface area contributed by atoms with E-state index in [0.29, 0.717) is 11.0 Å². The quantitative estimate of drug-likeness (QED) is 0.468. The minimum atomic E-state index is -0.468. The number of nitrogens with one attached hydrogen (secondary N) is 1. The first kappa shape index (κ1) is 10.6. The number of halogens is 1. The van der Waals surface area contributed by atoms with E-state index in [1.807, 2.05) is 6.92 Å². The molecule has 0 aliphatic carbocycles. The summed E-state index contributed by atoms with van der Waals surface area (Å²) < 4.78 is 5.13. The van der Waals surface area contributed by atoms with Gasteiger partial charge in [-0.15, -0.1) is 0 Å². The number of carbonyl (C=O) groups excluding carboxylic acids is 1. The number of alkyl carbamates (subject to hydrolysis) is 1. The van der Waals surface area contributed by atoms with Crippen LogP contribution in [0.1, 0.15) is 13.3 Å². The number of amides is 1. The summed E-state index contributed by atoms with van der Waals surface area (Å²) in [5.74, 6) is 2.61. The van der Waals surface area contributed by atoms with E-state index in [1.165, 1.54) is 0 Å². The van der Waals surface area contributed by atoms with E-state index >= 15 is 0 Å². The molecule has 0 rings (SSSR count). The molecule has 0 spiro atoms. The van der Waals surface area contributed by atoms with Crippen molar-refractivity contribution in [2.24, 2.45) is 0 Å². The molecule has 0 saturated heterocycles. The average molecular weight is 267 g/mol. The maximum absolute atomic E-state index is 10.6. The van der Waals surface area contributed by atoms with E-state index in [4.69, 9.17) is 0 Å². The van der Waals surface area contributed by atoms with Crippen LogP contribution in [0.4, 0.5) is 4.79 Å². The Bertz CT molecular complexity index is 171. The van der Waals surface area contributed by atoms with Crippen molar-refractivity contribution in [3.05, 3.63) is 0 Å². The Morgan fingerprint density at radius 3 is 3.00 bits per heavy atom. The van der Waals surface area contributed by atoms with Crippen LogP contribution in [0.25, 0.3) is 0 Å². The highest BCUT2D eigenvalue weighted by Crippen LogP contribution is 1.78. The second-order valence-corrected chi connectivity index (χ2v) is 2.49. The highest BCUT2D eigenvalue weighted by atomic mass is 127. The summed E-state index contributed by atoms with van der Waals surface area (Å²) in [5.41, 5.74) is 0. The average Bonchev–Trinajstić information content (AvgIpc) is 2.01. The molecule has 0 radical (unpaired) electrons. The number of alkyl halides is 1. The van der Waals surface area contributed by atoms with Crippen LogP contribution in [-0.4, -0.2) is 17.1 Å². The van der Waals surface area contributed by atoms with Crippen molar-refractivity contribution in [3.63, 3.8) is 0 Å². The second-order valence-electron chi connectivity index (χ2n) is 1.73. The molecule has 4 heteroatoms. The van der Waals surface area contributed by atoms with Gasteiger partial charge in [0.25, 0.3) is 0 Å². The molecule has 62 valence electrons. The Hall–Kier alpha value is -0.440. The van der Waals surface area contributed by atoms with Gasteiger partial charge in [0.15, 0.2) is 0 Å². The lowest BCUT2D eigenvalue weighted by molar-refractivity contribution is 0.192. The molecule has 0 atom stereocenters. The number of ether oxygens (including phenoxy) is 1. The van der Waals surface area contributed by atoms with E-state index in [0.717, 1.165) is 6.42 Å². The molecule has 0 heterocycles. The molecule has 0 fully saturated rings. The molecular weight excluding hydrogens is 257 g/mol. The summed E-state index contributed by atoms with van der Waals surface area (Å²) in [6.45, 7) is 2.60. The van der Waals surface area contributed by atoms with Crippen LogP contribution in [0.15, 0.2) is 0 Å². The molecule has 3 nitrogen and oxygen atoms in total. The van der Waals surface area contributed by atoms with Gasteiger partial charge in [0.2, 0.25) is 0 Å². The van der Waals surface area contributed by atoms with Crippen molar-refractivity contribution < 1.29 is 9.53 Å². The van der Waals surface area contributed by atoms with E-state index in [1.54, 1.807) is 0 Å². The number of rotatable bonds is 2. The predicted molar refractivity (Wildman–Crippen MR) is 51.4 cm³/mol. The Labute approximate surface area is 80.0 Å². The normalized spacial score (nSPS) is 7.82. The highest BCUT2D eigenvalue weighted by molar-refractivity contribution is 14.1. The van der Waals surface area contributed by atoms with Crippen molar-refractivity contribution in [2.75, 3.05) is 11.0 Å². The minimum absolute atomic E-state index is 0.468. The van der Waals surface area contributed by atoms with Crippen LogP contribution in [-0.2, 0) is 4.74 Å². The van der Waals surface area contributed by atoms with Gasteiger partial charge >= 0.3 is 6.09 Å². The second kappa shape index (κ2) is 7.66. The zero-order valence-corrected chi connectivity index (χ0v) is 8.47. The lowest BCUT2D eigenvalue weighted by Gasteiger charge is -1.97. The van der Waals surface area contributed by atoms with Gasteiger partial charge in [-0.3, -0.25) is 0 Å². The van der Waals surface area contributed by atoms with Crippen molar-refractivity contribution in [1.29, 1.82) is 0 Å². The van der Waals surface area contributed by atoms with Gasteiger partial charge in [-0.25, -0.2) is 4.79 Å². The standard InChI is InChI=1S/C7H10INO2/c1-2-5-9-7(10)11-6-3-4-8/h2,4-5H2,1H3,(H,9,10). The van der Waals surface area contributed by atoms with Gasteiger partial charge in [0, 0.05) is 6.54 Å². The minimum Gasteiger partial charge on any atom is -0.356 e. The summed E-state index contributed by atoms with van der Waals surface area (Å²) in [6, 6.07) is 0. The molecule has 0 unspecified atom stereocenters. The zero-order valence-electron chi connectivity index (χ0n) is 6.32. The third-order valence-corrected chi connectivity index (χ3v) is 1.18. The summed E-state index contributed by atoms with van der Waals surface area (Å²) in [7, 11) is 0. The van der Waals surface area contributed by atoms with Gasteiger partial charge in [0.1, 0.15) is 6.11 Å². The van der Waals surface area contributed by atoms with Crippen LogP contribution >= 0.6 is 22.6 Å². The van der Waals surface area contributed by atoms with Gasteiger partial charge in [-0.2, -0.15) is 0 Å². The Morgan fingerprint density at radius 2 is 2.45 bits per heavy atom. The summed E-state index contributed by atoms with van der Waals surface area (Å²) in [6.07, 6.45) is 2.70. The number of hydrogen-bond acceptors (Lipinski definition) is 2. The third kappa shape index (κ3) is 7.46. The van der Waals surface area contributed by atoms with E-state index in [9.17, 15) is 4.79 Å². The van der Waals surface area contributed by atoms with Gasteiger partial charge < -0.3 is 10.1 Å². The van der Waals surface area contributed by atoms with E-state index in [2.05, 4.69) is 44.7 Å². The van der Waals surface area contributed by atoms with Gasteiger partial charge in [-0.05, 0) is 12.3 Å². The van der Waals surface area contributed by atoms with Gasteiger partial charge in [-0.1, -0.05) is 29.5 Å². The van der Waals surface area contributed by atoms with Crippen molar-refractivity contribution in [2.45, 2.75) is 13.3 Å². The molecule has 0 aromatic rings. The number of carbonyl (C=O) groups is 1. The molecule has 0 bridgehead atoms. The Morgan fingerprint density at radius 1 is 1.73 bits per heavy atom. The first-order chi connectivity index (χ1) is 5.31. The molecule has 1 N–H and O–H groups in total. The maximum atomic E-state index is 10.6. The molecule has 0 aliphatic rings. The SMILES string of the molecule is CCCNC(=O)OC#CCI. The van der Waals surface area contributed by atoms with E-state index < -0.39 is 6.09 Å². The summed E-state index contributed by atoms with van der Waals surface area (Å²) in [4.78, 5) is 10.6. The fraction of sp³-hybridized carbons (Fsp3) is 0.571. The smallest absolute Gasteiger partial charge is 0.356 e. The van der Waals surface area contributed by atoms with Crippen LogP contribution in [0, 0.1) is 12.0 Å².